The van der Waals surface area contributed by atoms with Crippen LogP contribution in [0.1, 0.15) is 86.7 Å². The number of amides is 3. The molecular formula is C34H43N9O5. The highest BCUT2D eigenvalue weighted by Gasteiger charge is 2.37. The number of alkyl carbamates (subject to hydrolysis) is 1. The second kappa shape index (κ2) is 14.6. The van der Waals surface area contributed by atoms with Crippen molar-refractivity contribution in [2.45, 2.75) is 65.1 Å². The third-order valence-corrected chi connectivity index (χ3v) is 8.80. The van der Waals surface area contributed by atoms with Crippen molar-refractivity contribution in [1.29, 1.82) is 0 Å². The first-order chi connectivity index (χ1) is 23.0. The van der Waals surface area contributed by atoms with Crippen LogP contribution in [0, 0.1) is 5.92 Å². The second-order valence-electron chi connectivity index (χ2n) is 12.3. The summed E-state index contributed by atoms with van der Waals surface area (Å²) in [5.41, 5.74) is 3.24. The van der Waals surface area contributed by atoms with E-state index in [9.17, 15) is 19.2 Å². The van der Waals surface area contributed by atoms with Crippen molar-refractivity contribution in [3.05, 3.63) is 71.8 Å². The average Bonchev–Trinajstić information content (AvgIpc) is 3.90. The van der Waals surface area contributed by atoms with E-state index in [2.05, 4.69) is 35.6 Å². The number of hydrogen-bond acceptors (Lipinski definition) is 8. The summed E-state index contributed by atoms with van der Waals surface area (Å²) in [5, 5.41) is 5.96. The van der Waals surface area contributed by atoms with Crippen LogP contribution >= 0.6 is 0 Å². The van der Waals surface area contributed by atoms with E-state index >= 15 is 0 Å². The van der Waals surface area contributed by atoms with Gasteiger partial charge in [-0.15, -0.1) is 0 Å². The first kappa shape index (κ1) is 33.9. The number of imidazole rings is 2. The number of anilines is 2. The number of aromatic amines is 3. The van der Waals surface area contributed by atoms with E-state index in [0.29, 0.717) is 41.7 Å². The number of likely N-dealkylation sites (tertiary alicyclic amines) is 1. The predicted molar refractivity (Wildman–Crippen MR) is 179 cm³/mol. The third kappa shape index (κ3) is 7.11. The maximum Gasteiger partial charge on any atom is 0.407 e. The fraction of sp³-hybridized carbons (Fsp3) is 0.412. The number of carbonyl (C=O) groups excluding carboxylic acids is 4. The number of ether oxygens (including phenoxy) is 1. The Bertz CT molecular complexity index is 1760. The number of methoxy groups -OCH3 is 1. The van der Waals surface area contributed by atoms with Gasteiger partial charge in [0.25, 0.3) is 0 Å². The molecule has 14 nitrogen and oxygen atoms in total. The Morgan fingerprint density at radius 3 is 2.50 bits per heavy atom. The van der Waals surface area contributed by atoms with Crippen LogP contribution in [0.25, 0.3) is 11.3 Å². The van der Waals surface area contributed by atoms with Crippen molar-refractivity contribution in [2.24, 2.45) is 5.92 Å². The molecule has 1 fully saturated rings. The smallest absolute Gasteiger partial charge is 0.407 e. The monoisotopic (exact) mass is 657 g/mol. The van der Waals surface area contributed by atoms with Gasteiger partial charge in [0, 0.05) is 32.4 Å². The number of benzene rings is 1. The van der Waals surface area contributed by atoms with Gasteiger partial charge in [0.1, 0.15) is 29.2 Å². The molecule has 4 aromatic rings. The van der Waals surface area contributed by atoms with Gasteiger partial charge >= 0.3 is 6.09 Å². The molecule has 1 aliphatic rings. The Labute approximate surface area is 279 Å². The molecule has 5 rings (SSSR count). The average molecular weight is 658 g/mol. The number of rotatable bonds is 12. The van der Waals surface area contributed by atoms with E-state index in [0.717, 1.165) is 29.8 Å². The van der Waals surface area contributed by atoms with Crippen molar-refractivity contribution in [3.63, 3.8) is 0 Å². The van der Waals surface area contributed by atoms with Gasteiger partial charge in [-0.3, -0.25) is 14.4 Å². The second-order valence-corrected chi connectivity index (χ2v) is 12.3. The summed E-state index contributed by atoms with van der Waals surface area (Å²) in [4.78, 5) is 72.7. The zero-order chi connectivity index (χ0) is 34.5. The Balaban J connectivity index is 1.26. The number of nitrogens with zero attached hydrogens (tertiary/aromatic N) is 4. The van der Waals surface area contributed by atoms with Crippen LogP contribution in [0.15, 0.2) is 48.9 Å². The summed E-state index contributed by atoms with van der Waals surface area (Å²) < 4.78 is 4.73. The van der Waals surface area contributed by atoms with Gasteiger partial charge in [-0.2, -0.15) is 0 Å². The van der Waals surface area contributed by atoms with Crippen molar-refractivity contribution in [1.82, 2.24) is 40.0 Å². The van der Waals surface area contributed by atoms with E-state index < -0.39 is 12.1 Å². The predicted octanol–water partition coefficient (Wildman–Crippen LogP) is 5.08. The fourth-order valence-electron chi connectivity index (χ4n) is 6.02. The Kier molecular flexibility index (Phi) is 10.3. The van der Waals surface area contributed by atoms with E-state index in [1.807, 2.05) is 45.0 Å². The highest BCUT2D eigenvalue weighted by atomic mass is 16.5. The summed E-state index contributed by atoms with van der Waals surface area (Å²) in [7, 11) is 2.99. The van der Waals surface area contributed by atoms with Crippen LogP contribution in [-0.4, -0.2) is 85.2 Å². The molecule has 0 bridgehead atoms. The Morgan fingerprint density at radius 1 is 1.08 bits per heavy atom. The van der Waals surface area contributed by atoms with Crippen molar-refractivity contribution < 1.29 is 23.9 Å². The topological polar surface area (TPSA) is 181 Å². The van der Waals surface area contributed by atoms with Gasteiger partial charge in [0.05, 0.1) is 42.8 Å². The minimum Gasteiger partial charge on any atom is -0.453 e. The molecule has 0 radical (unpaired) electrons. The molecule has 3 aromatic heterocycles. The molecule has 1 aromatic carbocycles. The lowest BCUT2D eigenvalue weighted by Gasteiger charge is -2.30. The van der Waals surface area contributed by atoms with Gasteiger partial charge < -0.3 is 40.1 Å². The van der Waals surface area contributed by atoms with E-state index in [1.165, 1.54) is 20.2 Å². The molecule has 48 heavy (non-hydrogen) atoms. The molecule has 254 valence electrons. The van der Waals surface area contributed by atoms with Gasteiger partial charge in [-0.05, 0) is 48.9 Å². The highest BCUT2D eigenvalue weighted by Crippen LogP contribution is 2.33. The van der Waals surface area contributed by atoms with Crippen LogP contribution in [0.3, 0.4) is 0 Å². The number of carbonyl (C=O) groups is 4. The maximum absolute atomic E-state index is 13.5. The molecule has 3 unspecified atom stereocenters. The summed E-state index contributed by atoms with van der Waals surface area (Å²) >= 11 is 0. The summed E-state index contributed by atoms with van der Waals surface area (Å²) in [6.07, 6.45) is 6.55. The van der Waals surface area contributed by atoms with E-state index in [-0.39, 0.29) is 35.6 Å². The van der Waals surface area contributed by atoms with Crippen LogP contribution in [0.4, 0.5) is 16.3 Å². The van der Waals surface area contributed by atoms with E-state index in [1.54, 1.807) is 35.3 Å². The minimum absolute atomic E-state index is 0.0826. The van der Waals surface area contributed by atoms with E-state index in [4.69, 9.17) is 4.74 Å². The zero-order valence-corrected chi connectivity index (χ0v) is 28.1. The maximum atomic E-state index is 13.5. The van der Waals surface area contributed by atoms with Crippen molar-refractivity contribution in [3.8, 4) is 11.3 Å². The normalized spacial score (nSPS) is 15.6. The van der Waals surface area contributed by atoms with Gasteiger partial charge in [-0.1, -0.05) is 32.9 Å². The first-order valence-electron chi connectivity index (χ1n) is 16.1. The summed E-state index contributed by atoms with van der Waals surface area (Å²) in [6, 6.07) is 8.20. The molecule has 0 spiro atoms. The quantitative estimate of drug-likeness (QED) is 0.131. The van der Waals surface area contributed by atoms with Crippen LogP contribution < -0.4 is 10.6 Å². The first-order valence-corrected chi connectivity index (χ1v) is 16.1. The molecular weight excluding hydrogens is 614 g/mol. The minimum atomic E-state index is -0.701. The van der Waals surface area contributed by atoms with Gasteiger partial charge in [-0.25, -0.2) is 14.8 Å². The number of ketones is 1. The summed E-state index contributed by atoms with van der Waals surface area (Å²) in [5.74, 6) is 1.19. The standard InChI is InChI=1S/C34H43N9O5/c1-7-26(42(5)20(4)44)31-37-18-25(40-31)29(45)23-14-15-35-30(23)38-22-12-10-21(11-13-22)24-17-36-32(39-24)27-9-8-16-43(27)33(46)28(19(2)3)41-34(47)48-6/h10-15,17-19,26-28,35,38H,7-9,16H2,1-6H3,(H,36,39)(H,37,40)(H,41,47). The Hall–Kier alpha value is -5.40. The zero-order valence-electron chi connectivity index (χ0n) is 28.1. The third-order valence-electron chi connectivity index (χ3n) is 8.80. The molecule has 3 amide bonds. The number of nitrogens with one attached hydrogen (secondary N) is 5. The lowest BCUT2D eigenvalue weighted by atomic mass is 10.0. The molecule has 0 aliphatic carbocycles. The summed E-state index contributed by atoms with van der Waals surface area (Å²) in [6.45, 7) is 7.81. The number of H-pyrrole nitrogens is 3. The Morgan fingerprint density at radius 2 is 1.83 bits per heavy atom. The molecule has 0 saturated carbocycles. The largest absolute Gasteiger partial charge is 0.453 e. The molecule has 3 atom stereocenters. The lowest BCUT2D eigenvalue weighted by molar-refractivity contribution is -0.135. The molecule has 1 saturated heterocycles. The highest BCUT2D eigenvalue weighted by molar-refractivity contribution is 6.11. The van der Waals surface area contributed by atoms with Crippen LogP contribution in [-0.2, 0) is 14.3 Å². The molecule has 14 heteroatoms. The number of hydrogen-bond donors (Lipinski definition) is 5. The molecule has 4 heterocycles. The molecule has 1 aliphatic heterocycles. The molecule has 5 N–H and O–H groups in total. The van der Waals surface area contributed by atoms with Gasteiger partial charge in [0.15, 0.2) is 0 Å². The van der Waals surface area contributed by atoms with Crippen LogP contribution in [0.5, 0.6) is 0 Å². The fourth-order valence-corrected chi connectivity index (χ4v) is 6.02. The van der Waals surface area contributed by atoms with Gasteiger partial charge in [0.2, 0.25) is 17.6 Å². The van der Waals surface area contributed by atoms with Crippen molar-refractivity contribution >= 4 is 35.2 Å². The van der Waals surface area contributed by atoms with Crippen LogP contribution in [0.2, 0.25) is 0 Å². The van der Waals surface area contributed by atoms with Crippen molar-refractivity contribution in [2.75, 3.05) is 26.0 Å². The lowest BCUT2D eigenvalue weighted by Crippen LogP contribution is -2.51. The SMILES string of the molecule is CCC(c1ncc(C(=O)c2cc[nH]c2Nc2ccc(-c3cnc(C4CCCN4C(=O)C(NC(=O)OC)C(C)C)[nH]3)cc2)[nH]1)N(C)C(C)=O. The number of aromatic nitrogens is 5.